The van der Waals surface area contributed by atoms with Gasteiger partial charge >= 0.3 is 0 Å². The number of benzene rings is 1. The van der Waals surface area contributed by atoms with Crippen molar-refractivity contribution in [3.63, 3.8) is 0 Å². The van der Waals surface area contributed by atoms with E-state index in [2.05, 4.69) is 11.6 Å². The maximum Gasteiger partial charge on any atom is 0.240 e. The molecular weight excluding hydrogens is 287 g/mol. The monoisotopic (exact) mass is 306 g/mol. The van der Waals surface area contributed by atoms with Gasteiger partial charge in [0.2, 0.25) is 10.0 Å². The molecule has 0 saturated heterocycles. The summed E-state index contributed by atoms with van der Waals surface area (Å²) in [5.74, 6) is 1.16. The third-order valence-electron chi connectivity index (χ3n) is 2.54. The lowest BCUT2D eigenvalue weighted by atomic mass is 10.3. The van der Waals surface area contributed by atoms with Gasteiger partial charge in [-0.25, -0.2) is 17.5 Å². The smallest absolute Gasteiger partial charge is 0.240 e. The SMILES string of the molecule is CCSCCC(C)NS(=O)(=O)c1ccc(N)c(F)c1. The molecule has 4 nitrogen and oxygen atoms in total. The first kappa shape index (κ1) is 16.3. The number of hydrogen-bond donors (Lipinski definition) is 2. The van der Waals surface area contributed by atoms with E-state index in [1.165, 1.54) is 12.1 Å². The van der Waals surface area contributed by atoms with Crippen LogP contribution in [-0.2, 0) is 10.0 Å². The second kappa shape index (κ2) is 7.12. The van der Waals surface area contributed by atoms with Gasteiger partial charge in [-0.2, -0.15) is 11.8 Å². The summed E-state index contributed by atoms with van der Waals surface area (Å²) < 4.78 is 39.8. The topological polar surface area (TPSA) is 72.2 Å². The number of nitrogen functional groups attached to an aromatic ring is 1. The maximum atomic E-state index is 13.3. The summed E-state index contributed by atoms with van der Waals surface area (Å²) in [7, 11) is -3.69. The summed E-state index contributed by atoms with van der Waals surface area (Å²) in [6, 6.07) is 3.30. The van der Waals surface area contributed by atoms with Gasteiger partial charge in [0.1, 0.15) is 5.82 Å². The van der Waals surface area contributed by atoms with E-state index in [1.807, 2.05) is 0 Å². The van der Waals surface area contributed by atoms with Crippen LogP contribution in [0.4, 0.5) is 10.1 Å². The Morgan fingerprint density at radius 1 is 1.47 bits per heavy atom. The van der Waals surface area contributed by atoms with Gasteiger partial charge in [-0.1, -0.05) is 6.92 Å². The summed E-state index contributed by atoms with van der Waals surface area (Å²) in [4.78, 5) is -0.103. The summed E-state index contributed by atoms with van der Waals surface area (Å²) >= 11 is 1.75. The molecule has 1 unspecified atom stereocenters. The Morgan fingerprint density at radius 3 is 2.74 bits per heavy atom. The molecule has 1 aromatic carbocycles. The van der Waals surface area contributed by atoms with E-state index < -0.39 is 15.8 Å². The molecule has 0 aliphatic carbocycles. The van der Waals surface area contributed by atoms with Crippen molar-refractivity contribution < 1.29 is 12.8 Å². The lowest BCUT2D eigenvalue weighted by molar-refractivity contribution is 0.555. The van der Waals surface area contributed by atoms with Gasteiger partial charge in [0.05, 0.1) is 10.6 Å². The zero-order valence-electron chi connectivity index (χ0n) is 11.0. The lowest BCUT2D eigenvalue weighted by Crippen LogP contribution is -2.33. The minimum absolute atomic E-state index is 0.0636. The highest BCUT2D eigenvalue weighted by Crippen LogP contribution is 2.17. The fourth-order valence-electron chi connectivity index (χ4n) is 1.47. The highest BCUT2D eigenvalue weighted by atomic mass is 32.2. The van der Waals surface area contributed by atoms with E-state index in [9.17, 15) is 12.8 Å². The van der Waals surface area contributed by atoms with Gasteiger partial charge in [-0.15, -0.1) is 0 Å². The first-order chi connectivity index (χ1) is 8.86. The fourth-order valence-corrected chi connectivity index (χ4v) is 3.57. The Hall–Kier alpha value is -0.790. The maximum absolute atomic E-state index is 13.3. The second-order valence-corrected chi connectivity index (χ2v) is 7.30. The molecule has 108 valence electrons. The van der Waals surface area contributed by atoms with Gasteiger partial charge in [0, 0.05) is 6.04 Å². The van der Waals surface area contributed by atoms with Gasteiger partial charge < -0.3 is 5.73 Å². The Bertz CT molecular complexity index is 520. The van der Waals surface area contributed by atoms with Crippen molar-refractivity contribution in [2.24, 2.45) is 0 Å². The Balaban J connectivity index is 2.72. The predicted molar refractivity (Wildman–Crippen MR) is 78.2 cm³/mol. The summed E-state index contributed by atoms with van der Waals surface area (Å²) in [6.07, 6.45) is 0.731. The van der Waals surface area contributed by atoms with E-state index in [0.717, 1.165) is 24.0 Å². The van der Waals surface area contributed by atoms with Gasteiger partial charge in [0.15, 0.2) is 0 Å². The van der Waals surface area contributed by atoms with Crippen LogP contribution in [0.2, 0.25) is 0 Å². The summed E-state index contributed by atoms with van der Waals surface area (Å²) in [6.45, 7) is 3.85. The molecule has 0 radical (unpaired) electrons. The Morgan fingerprint density at radius 2 is 2.16 bits per heavy atom. The molecule has 0 heterocycles. The van der Waals surface area contributed by atoms with Gasteiger partial charge in [-0.3, -0.25) is 0 Å². The van der Waals surface area contributed by atoms with Crippen LogP contribution >= 0.6 is 11.8 Å². The molecule has 1 rings (SSSR count). The highest BCUT2D eigenvalue weighted by Gasteiger charge is 2.18. The molecule has 0 fully saturated rings. The van der Waals surface area contributed by atoms with E-state index in [0.29, 0.717) is 0 Å². The number of nitrogens with two attached hydrogens (primary N) is 1. The number of thioether (sulfide) groups is 1. The molecule has 0 saturated carbocycles. The molecule has 0 aliphatic heterocycles. The van der Waals surface area contributed by atoms with Crippen molar-refractivity contribution in [2.75, 3.05) is 17.2 Å². The van der Waals surface area contributed by atoms with Crippen LogP contribution in [0.5, 0.6) is 0 Å². The molecule has 0 spiro atoms. The van der Waals surface area contributed by atoms with E-state index in [1.54, 1.807) is 18.7 Å². The van der Waals surface area contributed by atoms with Crippen molar-refractivity contribution in [1.29, 1.82) is 0 Å². The molecule has 7 heteroatoms. The van der Waals surface area contributed by atoms with Gasteiger partial charge in [-0.05, 0) is 43.0 Å². The number of anilines is 1. The third kappa shape index (κ3) is 5.00. The van der Waals surface area contributed by atoms with E-state index in [-0.39, 0.29) is 16.6 Å². The first-order valence-corrected chi connectivity index (χ1v) is 8.65. The standard InChI is InChI=1S/C12H19FN2O2S2/c1-3-18-7-6-9(2)15-19(16,17)10-4-5-12(14)11(13)8-10/h4-5,8-9,15H,3,6-7,14H2,1-2H3. The fraction of sp³-hybridized carbons (Fsp3) is 0.500. The molecule has 19 heavy (non-hydrogen) atoms. The van der Waals surface area contributed by atoms with Crippen molar-refractivity contribution >= 4 is 27.5 Å². The molecule has 0 bridgehead atoms. The van der Waals surface area contributed by atoms with Crippen molar-refractivity contribution in [2.45, 2.75) is 31.2 Å². The molecule has 0 amide bonds. The summed E-state index contributed by atoms with van der Waals surface area (Å²) in [5, 5.41) is 0. The zero-order chi connectivity index (χ0) is 14.5. The molecule has 0 aromatic heterocycles. The van der Waals surface area contributed by atoms with Crippen molar-refractivity contribution in [3.05, 3.63) is 24.0 Å². The van der Waals surface area contributed by atoms with Crippen LogP contribution < -0.4 is 10.5 Å². The Kier molecular flexibility index (Phi) is 6.09. The summed E-state index contributed by atoms with van der Waals surface area (Å²) in [5.41, 5.74) is 5.26. The van der Waals surface area contributed by atoms with E-state index in [4.69, 9.17) is 5.73 Å². The largest absolute Gasteiger partial charge is 0.396 e. The number of halogens is 1. The van der Waals surface area contributed by atoms with Crippen LogP contribution in [0.15, 0.2) is 23.1 Å². The molecule has 0 aliphatic rings. The first-order valence-electron chi connectivity index (χ1n) is 6.02. The molecule has 1 aromatic rings. The minimum atomic E-state index is -3.69. The molecule has 1 atom stereocenters. The average molecular weight is 306 g/mol. The number of rotatable bonds is 7. The van der Waals surface area contributed by atoms with E-state index >= 15 is 0 Å². The van der Waals surface area contributed by atoms with Crippen LogP contribution in [0.25, 0.3) is 0 Å². The normalized spacial score (nSPS) is 13.4. The zero-order valence-corrected chi connectivity index (χ0v) is 12.7. The predicted octanol–water partition coefficient (Wildman–Crippen LogP) is 2.22. The van der Waals surface area contributed by atoms with Crippen LogP contribution in [0.3, 0.4) is 0 Å². The van der Waals surface area contributed by atoms with Crippen LogP contribution in [-0.4, -0.2) is 26.0 Å². The molecule has 3 N–H and O–H groups in total. The van der Waals surface area contributed by atoms with Crippen LogP contribution in [0.1, 0.15) is 20.3 Å². The van der Waals surface area contributed by atoms with Gasteiger partial charge in [0.25, 0.3) is 0 Å². The number of nitrogens with one attached hydrogen (secondary N) is 1. The lowest BCUT2D eigenvalue weighted by Gasteiger charge is -2.14. The van der Waals surface area contributed by atoms with Crippen LogP contribution in [0, 0.1) is 5.82 Å². The van der Waals surface area contributed by atoms with Crippen molar-refractivity contribution in [3.8, 4) is 0 Å². The third-order valence-corrected chi connectivity index (χ3v) is 5.06. The number of sulfonamides is 1. The molecular formula is C12H19FN2O2S2. The number of hydrogen-bond acceptors (Lipinski definition) is 4. The Labute approximate surface area is 118 Å². The minimum Gasteiger partial charge on any atom is -0.396 e. The second-order valence-electron chi connectivity index (χ2n) is 4.19. The quantitative estimate of drug-likeness (QED) is 0.598. The van der Waals surface area contributed by atoms with Crippen molar-refractivity contribution in [1.82, 2.24) is 4.72 Å². The highest BCUT2D eigenvalue weighted by molar-refractivity contribution is 7.99. The average Bonchev–Trinajstić information content (AvgIpc) is 2.32.